The van der Waals surface area contributed by atoms with E-state index in [1.807, 2.05) is 13.8 Å². The molecule has 20 heavy (non-hydrogen) atoms. The minimum Gasteiger partial charge on any atom is -0.314 e. The summed E-state index contributed by atoms with van der Waals surface area (Å²) in [5.41, 5.74) is -0.112. The molecule has 0 radical (unpaired) electrons. The highest BCUT2D eigenvalue weighted by Crippen LogP contribution is 2.18. The third-order valence-electron chi connectivity index (χ3n) is 3.29. The average molecular weight is 300 g/mol. The lowest BCUT2D eigenvalue weighted by Gasteiger charge is -2.16. The molecule has 0 saturated carbocycles. The molecule has 0 fully saturated rings. The maximum Gasteiger partial charge on any atom is 0.344 e. The number of H-pyrrole nitrogens is 1. The highest BCUT2D eigenvalue weighted by molar-refractivity contribution is 7.99. The summed E-state index contributed by atoms with van der Waals surface area (Å²) in [5, 5.41) is 11.0. The van der Waals surface area contributed by atoms with Crippen LogP contribution in [0.25, 0.3) is 0 Å². The lowest BCUT2D eigenvalue weighted by molar-refractivity contribution is 0.465. The molecule has 1 aromatic rings. The van der Waals surface area contributed by atoms with E-state index in [-0.39, 0.29) is 11.7 Å². The molecule has 1 rings (SSSR count). The lowest BCUT2D eigenvalue weighted by atomic mass is 10.1. The number of hydrogen-bond donors (Lipinski definition) is 2. The van der Waals surface area contributed by atoms with Gasteiger partial charge in [0.25, 0.3) is 0 Å². The predicted octanol–water partition coefficient (Wildman–Crippen LogP) is 2.80. The van der Waals surface area contributed by atoms with Crippen molar-refractivity contribution >= 4 is 11.8 Å². The van der Waals surface area contributed by atoms with Crippen LogP contribution in [0.2, 0.25) is 0 Å². The largest absolute Gasteiger partial charge is 0.344 e. The summed E-state index contributed by atoms with van der Waals surface area (Å²) in [6.45, 7) is 9.52. The third kappa shape index (κ3) is 5.32. The van der Waals surface area contributed by atoms with E-state index < -0.39 is 0 Å². The maximum atomic E-state index is 11.6. The van der Waals surface area contributed by atoms with Gasteiger partial charge in [0.2, 0.25) is 0 Å². The molecular formula is C14H28N4OS. The number of hydrogen-bond acceptors (Lipinski definition) is 4. The normalized spacial score (nSPS) is 13.1. The van der Waals surface area contributed by atoms with Crippen LogP contribution in [0.15, 0.2) is 9.95 Å². The van der Waals surface area contributed by atoms with Gasteiger partial charge in [-0.2, -0.15) is 0 Å². The molecule has 2 N–H and O–H groups in total. The van der Waals surface area contributed by atoms with Crippen molar-refractivity contribution in [2.24, 2.45) is 0 Å². The van der Waals surface area contributed by atoms with Gasteiger partial charge in [-0.25, -0.2) is 9.89 Å². The Labute approximate surface area is 125 Å². The summed E-state index contributed by atoms with van der Waals surface area (Å²) in [5.74, 6) is 1.00. The van der Waals surface area contributed by atoms with Gasteiger partial charge in [-0.05, 0) is 46.1 Å². The van der Waals surface area contributed by atoms with Crippen LogP contribution < -0.4 is 11.0 Å². The molecule has 1 aromatic heterocycles. The average Bonchev–Trinajstić information content (AvgIpc) is 2.79. The fourth-order valence-electron chi connectivity index (χ4n) is 2.14. The van der Waals surface area contributed by atoms with Crippen LogP contribution in [0, 0.1) is 0 Å². The second-order valence-electron chi connectivity index (χ2n) is 5.33. The number of nitrogens with zero attached hydrogens (tertiary/aromatic N) is 2. The molecule has 1 unspecified atom stereocenters. The number of nitrogens with one attached hydrogen (secondary N) is 2. The molecule has 1 heterocycles. The van der Waals surface area contributed by atoms with Gasteiger partial charge in [0.15, 0.2) is 5.16 Å². The summed E-state index contributed by atoms with van der Waals surface area (Å²) in [7, 11) is 0. The van der Waals surface area contributed by atoms with E-state index in [0.29, 0.717) is 6.04 Å². The molecule has 0 aromatic carbocycles. The molecule has 0 aliphatic rings. The monoisotopic (exact) mass is 300 g/mol. The molecule has 0 bridgehead atoms. The smallest absolute Gasteiger partial charge is 0.314 e. The highest BCUT2D eigenvalue weighted by Gasteiger charge is 2.12. The van der Waals surface area contributed by atoms with Gasteiger partial charge in [-0.1, -0.05) is 25.6 Å². The Morgan fingerprint density at radius 1 is 1.40 bits per heavy atom. The van der Waals surface area contributed by atoms with E-state index in [1.165, 1.54) is 19.3 Å². The van der Waals surface area contributed by atoms with Crippen LogP contribution in [0.1, 0.15) is 59.4 Å². The Morgan fingerprint density at radius 2 is 2.15 bits per heavy atom. The second-order valence-corrected chi connectivity index (χ2v) is 6.39. The lowest BCUT2D eigenvalue weighted by Crippen LogP contribution is -2.29. The standard InChI is InChI=1S/C14H28N4OS/c1-5-9-15-12(6-2)8-7-10-20-14-17-16-13(19)18(14)11(3)4/h11-12,15H,5-10H2,1-4H3,(H,16,19). The number of rotatable bonds is 10. The molecular weight excluding hydrogens is 272 g/mol. The molecule has 0 spiro atoms. The number of thioether (sulfide) groups is 1. The van der Waals surface area contributed by atoms with Gasteiger partial charge in [0, 0.05) is 17.8 Å². The Kier molecular flexibility index (Phi) is 7.99. The first-order chi connectivity index (χ1) is 9.60. The fraction of sp³-hybridized carbons (Fsp3) is 0.857. The van der Waals surface area contributed by atoms with E-state index >= 15 is 0 Å². The first-order valence-corrected chi connectivity index (χ1v) is 8.61. The Balaban J connectivity index is 2.35. The van der Waals surface area contributed by atoms with Gasteiger partial charge in [-0.3, -0.25) is 4.57 Å². The fourth-order valence-corrected chi connectivity index (χ4v) is 3.18. The van der Waals surface area contributed by atoms with Crippen molar-refractivity contribution < 1.29 is 0 Å². The van der Waals surface area contributed by atoms with E-state index in [9.17, 15) is 4.79 Å². The maximum absolute atomic E-state index is 11.6. The topological polar surface area (TPSA) is 62.7 Å². The molecule has 0 saturated heterocycles. The van der Waals surface area contributed by atoms with Crippen LogP contribution in [-0.2, 0) is 0 Å². The molecule has 5 nitrogen and oxygen atoms in total. The van der Waals surface area contributed by atoms with Crippen molar-refractivity contribution in [3.05, 3.63) is 10.5 Å². The zero-order valence-electron chi connectivity index (χ0n) is 13.1. The molecule has 116 valence electrons. The molecule has 0 aliphatic carbocycles. The van der Waals surface area contributed by atoms with Gasteiger partial charge in [-0.15, -0.1) is 5.10 Å². The third-order valence-corrected chi connectivity index (χ3v) is 4.33. The Hall–Kier alpha value is -0.750. The molecule has 1 atom stereocenters. The van der Waals surface area contributed by atoms with Crippen LogP contribution >= 0.6 is 11.8 Å². The van der Waals surface area contributed by atoms with Crippen molar-refractivity contribution in [2.75, 3.05) is 12.3 Å². The molecule has 6 heteroatoms. The van der Waals surface area contributed by atoms with Crippen LogP contribution in [-0.4, -0.2) is 33.1 Å². The predicted molar refractivity (Wildman–Crippen MR) is 85.6 cm³/mol. The first kappa shape index (κ1) is 17.3. The van der Waals surface area contributed by atoms with Crippen LogP contribution in [0.4, 0.5) is 0 Å². The molecule has 0 aliphatic heterocycles. The SMILES string of the molecule is CCCNC(CC)CCCSc1n[nH]c(=O)n1C(C)C. The van der Waals surface area contributed by atoms with E-state index in [2.05, 4.69) is 29.4 Å². The van der Waals surface area contributed by atoms with Crippen LogP contribution in [0.5, 0.6) is 0 Å². The van der Waals surface area contributed by atoms with Gasteiger partial charge >= 0.3 is 5.69 Å². The number of aromatic amines is 1. The van der Waals surface area contributed by atoms with Crippen molar-refractivity contribution in [3.63, 3.8) is 0 Å². The molecule has 0 amide bonds. The zero-order valence-corrected chi connectivity index (χ0v) is 13.9. The highest BCUT2D eigenvalue weighted by atomic mass is 32.2. The zero-order chi connectivity index (χ0) is 15.0. The van der Waals surface area contributed by atoms with Crippen molar-refractivity contribution in [3.8, 4) is 0 Å². The summed E-state index contributed by atoms with van der Waals surface area (Å²) in [6, 6.07) is 0.764. The van der Waals surface area contributed by atoms with Gasteiger partial charge < -0.3 is 5.32 Å². The summed E-state index contributed by atoms with van der Waals surface area (Å²) in [6.07, 6.45) is 4.67. The summed E-state index contributed by atoms with van der Waals surface area (Å²) >= 11 is 1.67. The van der Waals surface area contributed by atoms with Crippen LogP contribution in [0.3, 0.4) is 0 Å². The minimum atomic E-state index is -0.112. The van der Waals surface area contributed by atoms with Crippen molar-refractivity contribution in [1.29, 1.82) is 0 Å². The van der Waals surface area contributed by atoms with E-state index in [1.54, 1.807) is 16.3 Å². The van der Waals surface area contributed by atoms with Crippen molar-refractivity contribution in [2.45, 2.75) is 70.6 Å². The summed E-state index contributed by atoms with van der Waals surface area (Å²) < 4.78 is 1.72. The second kappa shape index (κ2) is 9.23. The minimum absolute atomic E-state index is 0.112. The quantitative estimate of drug-likeness (QED) is 0.515. The Bertz CT molecular complexity index is 427. The van der Waals surface area contributed by atoms with E-state index in [0.717, 1.165) is 23.9 Å². The Morgan fingerprint density at radius 3 is 2.75 bits per heavy atom. The summed E-state index contributed by atoms with van der Waals surface area (Å²) in [4.78, 5) is 11.6. The van der Waals surface area contributed by atoms with Crippen molar-refractivity contribution in [1.82, 2.24) is 20.1 Å². The van der Waals surface area contributed by atoms with Gasteiger partial charge in [0.1, 0.15) is 0 Å². The van der Waals surface area contributed by atoms with E-state index in [4.69, 9.17) is 0 Å². The first-order valence-electron chi connectivity index (χ1n) is 7.63. The number of aromatic nitrogens is 3. The van der Waals surface area contributed by atoms with Gasteiger partial charge in [0.05, 0.1) is 0 Å².